The van der Waals surface area contributed by atoms with Crippen LogP contribution in [0.5, 0.6) is 5.75 Å². The van der Waals surface area contributed by atoms with Gasteiger partial charge < -0.3 is 18.9 Å². The van der Waals surface area contributed by atoms with Crippen LogP contribution >= 0.6 is 0 Å². The van der Waals surface area contributed by atoms with Crippen LogP contribution in [0.4, 0.5) is 0 Å². The predicted octanol–water partition coefficient (Wildman–Crippen LogP) is 3.90. The monoisotopic (exact) mass is 417 g/mol. The molecule has 7 nitrogen and oxygen atoms in total. The SMILES string of the molecule is COc1ccc(C2ON2C2CCCC3(CCC/C=C\COC(=O)C2)OCCO3)cc1. The number of hydroxylamine groups is 2. The van der Waals surface area contributed by atoms with Crippen LogP contribution in [-0.4, -0.2) is 49.8 Å². The Labute approximate surface area is 177 Å². The van der Waals surface area contributed by atoms with Gasteiger partial charge in [-0.15, -0.1) is 5.06 Å². The van der Waals surface area contributed by atoms with Gasteiger partial charge in [0, 0.05) is 18.9 Å². The van der Waals surface area contributed by atoms with E-state index in [1.54, 1.807) is 7.11 Å². The first-order valence-electron chi connectivity index (χ1n) is 10.9. The number of benzene rings is 1. The van der Waals surface area contributed by atoms with E-state index in [1.807, 2.05) is 35.4 Å². The summed E-state index contributed by atoms with van der Waals surface area (Å²) in [6.07, 6.45) is 9.47. The molecular weight excluding hydrogens is 386 g/mol. The zero-order valence-corrected chi connectivity index (χ0v) is 17.6. The highest BCUT2D eigenvalue weighted by atomic mass is 16.8. The molecule has 2 fully saturated rings. The molecule has 30 heavy (non-hydrogen) atoms. The minimum atomic E-state index is -0.474. The highest BCUT2D eigenvalue weighted by Crippen LogP contribution is 2.42. The zero-order valence-electron chi connectivity index (χ0n) is 17.6. The van der Waals surface area contributed by atoms with Crippen LogP contribution in [0.15, 0.2) is 36.4 Å². The molecular formula is C23H31NO6. The number of allylic oxidation sites excluding steroid dienone is 1. The summed E-state index contributed by atoms with van der Waals surface area (Å²) in [4.78, 5) is 18.2. The van der Waals surface area contributed by atoms with Gasteiger partial charge in [-0.1, -0.05) is 24.3 Å². The number of hydrogen-bond donors (Lipinski definition) is 0. The maximum atomic E-state index is 12.4. The molecule has 3 aliphatic heterocycles. The normalized spacial score (nSPS) is 31.0. The summed E-state index contributed by atoms with van der Waals surface area (Å²) in [5.74, 6) is 0.134. The lowest BCUT2D eigenvalue weighted by Crippen LogP contribution is -2.31. The molecule has 0 saturated carbocycles. The number of carbonyl (C=O) groups excluding carboxylic acids is 1. The van der Waals surface area contributed by atoms with E-state index in [0.717, 1.165) is 49.8 Å². The van der Waals surface area contributed by atoms with Crippen molar-refractivity contribution in [3.63, 3.8) is 0 Å². The van der Waals surface area contributed by atoms with Crippen molar-refractivity contribution >= 4 is 5.97 Å². The summed E-state index contributed by atoms with van der Waals surface area (Å²) in [6, 6.07) is 7.77. The minimum absolute atomic E-state index is 0.0463. The largest absolute Gasteiger partial charge is 0.497 e. The number of esters is 1. The third-order valence-corrected chi connectivity index (χ3v) is 5.91. The van der Waals surface area contributed by atoms with E-state index in [0.29, 0.717) is 26.2 Å². The fraction of sp³-hybridized carbons (Fsp3) is 0.609. The number of rotatable bonds is 3. The Morgan fingerprint density at radius 3 is 2.60 bits per heavy atom. The number of hydrogen-bond acceptors (Lipinski definition) is 7. The summed E-state index contributed by atoms with van der Waals surface area (Å²) in [5.41, 5.74) is 1.05. The number of nitrogens with zero attached hydrogens (tertiary/aromatic N) is 1. The molecule has 0 amide bonds. The molecule has 0 bridgehead atoms. The van der Waals surface area contributed by atoms with Crippen LogP contribution in [0.2, 0.25) is 0 Å². The minimum Gasteiger partial charge on any atom is -0.497 e. The van der Waals surface area contributed by atoms with Crippen LogP contribution in [0.25, 0.3) is 0 Å². The molecule has 0 N–H and O–H groups in total. The molecule has 4 rings (SSSR count). The van der Waals surface area contributed by atoms with Crippen LogP contribution < -0.4 is 4.74 Å². The highest BCUT2D eigenvalue weighted by Gasteiger charge is 2.44. The number of cyclic esters (lactones) is 1. The molecule has 3 heterocycles. The Morgan fingerprint density at radius 1 is 1.07 bits per heavy atom. The molecule has 0 radical (unpaired) electrons. The van der Waals surface area contributed by atoms with Crippen LogP contribution in [0, 0.1) is 0 Å². The maximum absolute atomic E-state index is 12.4. The van der Waals surface area contributed by atoms with E-state index in [2.05, 4.69) is 6.08 Å². The van der Waals surface area contributed by atoms with Gasteiger partial charge in [0.25, 0.3) is 0 Å². The van der Waals surface area contributed by atoms with Crippen molar-refractivity contribution in [1.82, 2.24) is 5.06 Å². The van der Waals surface area contributed by atoms with E-state index in [-0.39, 0.29) is 18.2 Å². The van der Waals surface area contributed by atoms with Crippen molar-refractivity contribution in [2.45, 2.75) is 63.0 Å². The highest BCUT2D eigenvalue weighted by molar-refractivity contribution is 5.70. The summed E-state index contributed by atoms with van der Waals surface area (Å²) in [6.45, 7) is 1.62. The lowest BCUT2D eigenvalue weighted by Gasteiger charge is -2.28. The topological polar surface area (TPSA) is 69.5 Å². The van der Waals surface area contributed by atoms with Crippen LogP contribution in [0.3, 0.4) is 0 Å². The Balaban J connectivity index is 1.41. The second-order valence-corrected chi connectivity index (χ2v) is 8.00. The summed E-state index contributed by atoms with van der Waals surface area (Å²) in [5, 5.41) is 1.91. The molecule has 1 aromatic carbocycles. The van der Waals surface area contributed by atoms with Crippen molar-refractivity contribution in [3.8, 4) is 5.75 Å². The van der Waals surface area contributed by atoms with Gasteiger partial charge in [-0.25, -0.2) is 0 Å². The molecule has 3 atom stereocenters. The number of ether oxygens (including phenoxy) is 4. The zero-order chi connectivity index (χ0) is 20.8. The van der Waals surface area contributed by atoms with Gasteiger partial charge in [0.1, 0.15) is 12.4 Å². The molecule has 0 aliphatic carbocycles. The van der Waals surface area contributed by atoms with Gasteiger partial charge in [-0.3, -0.25) is 9.63 Å². The van der Waals surface area contributed by atoms with E-state index >= 15 is 0 Å². The average molecular weight is 418 g/mol. The molecule has 0 aromatic heterocycles. The number of carbonyl (C=O) groups is 1. The van der Waals surface area contributed by atoms with Gasteiger partial charge >= 0.3 is 5.97 Å². The molecule has 3 aliphatic rings. The Bertz CT molecular complexity index is 728. The molecule has 3 unspecified atom stereocenters. The standard InChI is InChI=1S/C23H31NO6/c1-26-20-10-8-18(9-11-20)22-24(30-22)19-7-6-13-23(28-15-16-29-23)12-4-2-3-5-14-27-21(25)17-19/h3,5,8-11,19,22H,2,4,6-7,12-17H2,1H3/b5-3-. The third-order valence-electron chi connectivity index (χ3n) is 5.91. The molecule has 164 valence electrons. The van der Waals surface area contributed by atoms with E-state index in [4.69, 9.17) is 23.8 Å². The quantitative estimate of drug-likeness (QED) is 0.420. The van der Waals surface area contributed by atoms with Crippen LogP contribution in [0.1, 0.15) is 56.7 Å². The third kappa shape index (κ3) is 5.40. The molecule has 2 saturated heterocycles. The summed E-state index contributed by atoms with van der Waals surface area (Å²) < 4.78 is 22.6. The smallest absolute Gasteiger partial charge is 0.307 e. The van der Waals surface area contributed by atoms with Crippen molar-refractivity contribution in [2.75, 3.05) is 26.9 Å². The first-order valence-corrected chi connectivity index (χ1v) is 10.9. The fourth-order valence-electron chi connectivity index (χ4n) is 4.25. The second kappa shape index (κ2) is 9.92. The Morgan fingerprint density at radius 2 is 1.83 bits per heavy atom. The first-order chi connectivity index (χ1) is 14.7. The van der Waals surface area contributed by atoms with Crippen molar-refractivity contribution < 1.29 is 28.6 Å². The lowest BCUT2D eigenvalue weighted by molar-refractivity contribution is -0.168. The maximum Gasteiger partial charge on any atom is 0.307 e. The first kappa shape index (κ1) is 21.3. The van der Waals surface area contributed by atoms with E-state index in [9.17, 15) is 4.79 Å². The average Bonchev–Trinajstić information content (AvgIpc) is 3.43. The van der Waals surface area contributed by atoms with Crippen LogP contribution in [-0.2, 0) is 23.8 Å². The van der Waals surface area contributed by atoms with Crippen molar-refractivity contribution in [3.05, 3.63) is 42.0 Å². The molecule has 1 aromatic rings. The number of methoxy groups -OCH3 is 1. The van der Waals surface area contributed by atoms with Gasteiger partial charge in [-0.2, -0.15) is 0 Å². The molecule has 7 heteroatoms. The Hall–Kier alpha value is -1.93. The predicted molar refractivity (Wildman–Crippen MR) is 110 cm³/mol. The second-order valence-electron chi connectivity index (χ2n) is 8.00. The van der Waals surface area contributed by atoms with Gasteiger partial charge in [0.15, 0.2) is 12.0 Å². The van der Waals surface area contributed by atoms with E-state index < -0.39 is 5.79 Å². The molecule has 1 spiro atoms. The van der Waals surface area contributed by atoms with Gasteiger partial charge in [-0.05, 0) is 43.4 Å². The van der Waals surface area contributed by atoms with Gasteiger partial charge in [0.2, 0.25) is 0 Å². The summed E-state index contributed by atoms with van der Waals surface area (Å²) >= 11 is 0. The van der Waals surface area contributed by atoms with Crippen molar-refractivity contribution in [2.24, 2.45) is 0 Å². The summed E-state index contributed by atoms with van der Waals surface area (Å²) in [7, 11) is 1.65. The van der Waals surface area contributed by atoms with E-state index in [1.165, 1.54) is 0 Å². The fourth-order valence-corrected chi connectivity index (χ4v) is 4.25. The lowest BCUT2D eigenvalue weighted by atomic mass is 9.98. The van der Waals surface area contributed by atoms with Crippen molar-refractivity contribution in [1.29, 1.82) is 0 Å². The Kier molecular flexibility index (Phi) is 7.04. The van der Waals surface area contributed by atoms with Gasteiger partial charge in [0.05, 0.1) is 26.7 Å².